The Labute approximate surface area is 372 Å². The molecule has 60 heavy (non-hydrogen) atoms. The molecule has 5 aromatic rings. The van der Waals surface area contributed by atoms with E-state index in [4.69, 9.17) is 4.74 Å². The number of hydrogen-bond donors (Lipinski definition) is 0. The molecular formula is C51H49N2O3OsPS2+. The number of ether oxygens (including phenoxy) is 1. The number of fused-ring (bicyclic) bond motifs is 2. The van der Waals surface area contributed by atoms with E-state index in [1.807, 2.05) is 22.8 Å². The zero-order valence-electron chi connectivity index (χ0n) is 34.8. The van der Waals surface area contributed by atoms with Gasteiger partial charge < -0.3 is 0 Å². The summed E-state index contributed by atoms with van der Waals surface area (Å²) in [4.78, 5) is 37.3. The summed E-state index contributed by atoms with van der Waals surface area (Å²) in [5.41, 5.74) is 6.16. The first-order chi connectivity index (χ1) is 29.1. The molecule has 8 rings (SSSR count). The minimum atomic E-state index is -2.61. The fourth-order valence-corrected chi connectivity index (χ4v) is 16.8. The Kier molecular flexibility index (Phi) is 12.6. The Bertz CT molecular complexity index is 2560. The van der Waals surface area contributed by atoms with Gasteiger partial charge in [-0.05, 0) is 6.92 Å². The van der Waals surface area contributed by atoms with Gasteiger partial charge in [0.05, 0.1) is 0 Å². The molecule has 5 heterocycles. The quantitative estimate of drug-likeness (QED) is 0.0979. The van der Waals surface area contributed by atoms with Crippen LogP contribution in [0.5, 0.6) is 0 Å². The number of anilines is 2. The molecule has 0 bridgehead atoms. The molecule has 0 aliphatic carbocycles. The van der Waals surface area contributed by atoms with Crippen molar-refractivity contribution in [1.82, 2.24) is 0 Å². The number of amides is 2. The number of benzene rings is 3. The zero-order valence-corrected chi connectivity index (χ0v) is 39.9. The van der Waals surface area contributed by atoms with E-state index < -0.39 is 7.26 Å². The van der Waals surface area contributed by atoms with Crippen molar-refractivity contribution in [2.24, 2.45) is 11.8 Å². The van der Waals surface area contributed by atoms with Crippen LogP contribution < -0.4 is 25.7 Å². The van der Waals surface area contributed by atoms with Crippen LogP contribution in [0.1, 0.15) is 61.1 Å². The Morgan fingerprint density at radius 2 is 1.22 bits per heavy atom. The van der Waals surface area contributed by atoms with E-state index in [2.05, 4.69) is 160 Å². The average molecular weight is 1020 g/mol. The molecule has 2 aromatic heterocycles. The van der Waals surface area contributed by atoms with Crippen molar-refractivity contribution in [1.29, 1.82) is 0 Å². The maximum atomic E-state index is 14.9. The number of hydrogen-bond acceptors (Lipinski definition) is 5. The number of allylic oxidation sites excluding steroid dienone is 5. The molecule has 0 unspecified atom stereocenters. The van der Waals surface area contributed by atoms with Gasteiger partial charge in [-0.25, -0.2) is 0 Å². The van der Waals surface area contributed by atoms with Gasteiger partial charge in [-0.3, -0.25) is 0 Å². The molecule has 9 heteroatoms. The molecule has 0 N–H and O–H groups in total. The third-order valence-corrected chi connectivity index (χ3v) is 18.7. The second-order valence-electron chi connectivity index (χ2n) is 16.1. The predicted molar refractivity (Wildman–Crippen MR) is 253 cm³/mol. The molecule has 1 fully saturated rings. The SMILES string of the molecule is CC=C1COCC1=CC(=C([C]#[Os])[P+](c1ccccc1)(c1ccccc1)c1ccccc1)c1cc2c(s1)/C(=C1\C(=O)N(CC(C)C)c3cc(/C=C/C)sc31)C(=O)N2CC(C)C. The Hall–Kier alpha value is -4.49. The molecule has 3 aromatic carbocycles. The summed E-state index contributed by atoms with van der Waals surface area (Å²) in [5, 5.41) is 4.81. The monoisotopic (exact) mass is 1020 g/mol. The van der Waals surface area contributed by atoms with Crippen molar-refractivity contribution < 1.29 is 32.3 Å². The van der Waals surface area contributed by atoms with Crippen LogP contribution in [0.2, 0.25) is 0 Å². The summed E-state index contributed by atoms with van der Waals surface area (Å²) in [5.74, 6) is 0.266. The van der Waals surface area contributed by atoms with Gasteiger partial charge >= 0.3 is 348 Å². The Balaban J connectivity index is 1.48. The number of carbonyl (C=O) groups excluding carboxylic acids is 2. The van der Waals surface area contributed by atoms with E-state index in [0.717, 1.165) is 47.3 Å². The second kappa shape index (κ2) is 17.8. The van der Waals surface area contributed by atoms with Crippen molar-refractivity contribution in [3.63, 3.8) is 0 Å². The molecule has 1 saturated heterocycles. The zero-order chi connectivity index (χ0) is 42.1. The summed E-state index contributed by atoms with van der Waals surface area (Å²) in [6.45, 7) is 14.8. The Morgan fingerprint density at radius 1 is 0.733 bits per heavy atom. The molecule has 0 spiro atoms. The van der Waals surface area contributed by atoms with E-state index in [9.17, 15) is 9.59 Å². The third kappa shape index (κ3) is 7.47. The van der Waals surface area contributed by atoms with Gasteiger partial charge in [0.2, 0.25) is 0 Å². The van der Waals surface area contributed by atoms with Crippen molar-refractivity contribution in [3.8, 4) is 4.37 Å². The van der Waals surface area contributed by atoms with Crippen LogP contribution in [0.4, 0.5) is 11.4 Å². The van der Waals surface area contributed by atoms with E-state index in [-0.39, 0.29) is 23.7 Å². The molecule has 0 radical (unpaired) electrons. The van der Waals surface area contributed by atoms with E-state index in [0.29, 0.717) is 37.4 Å². The maximum absolute atomic E-state index is 14.9. The summed E-state index contributed by atoms with van der Waals surface area (Å²) >= 11 is 4.99. The predicted octanol–water partition coefficient (Wildman–Crippen LogP) is 10.9. The topological polar surface area (TPSA) is 49.9 Å². The first kappa shape index (κ1) is 42.2. The normalized spacial score (nSPS) is 18.5. The van der Waals surface area contributed by atoms with Gasteiger partial charge in [0.15, 0.2) is 0 Å². The van der Waals surface area contributed by atoms with Crippen LogP contribution in [-0.2, 0) is 32.3 Å². The van der Waals surface area contributed by atoms with Crippen molar-refractivity contribution in [2.45, 2.75) is 41.5 Å². The number of carbonyl (C=O) groups is 2. The molecule has 0 saturated carbocycles. The summed E-state index contributed by atoms with van der Waals surface area (Å²) in [6, 6.07) is 37.0. The van der Waals surface area contributed by atoms with E-state index in [1.165, 1.54) is 21.5 Å². The fourth-order valence-electron chi connectivity index (χ4n) is 8.50. The number of thiophene rings is 2. The summed E-state index contributed by atoms with van der Waals surface area (Å²) in [6.07, 6.45) is 8.59. The van der Waals surface area contributed by atoms with Crippen molar-refractivity contribution in [2.75, 3.05) is 36.1 Å². The first-order valence-electron chi connectivity index (χ1n) is 20.5. The Morgan fingerprint density at radius 3 is 1.68 bits per heavy atom. The second-order valence-corrected chi connectivity index (χ2v) is 22.2. The summed E-state index contributed by atoms with van der Waals surface area (Å²) in [7, 11) is -2.61. The average Bonchev–Trinajstić information content (AvgIpc) is 4.07. The van der Waals surface area contributed by atoms with Crippen molar-refractivity contribution >= 4 is 91.8 Å². The number of rotatable bonds is 11. The van der Waals surface area contributed by atoms with Gasteiger partial charge in [-0.15, -0.1) is 0 Å². The third-order valence-electron chi connectivity index (χ3n) is 11.0. The first-order valence-corrected chi connectivity index (χ1v) is 25.2. The van der Waals surface area contributed by atoms with Crippen LogP contribution in [0.3, 0.4) is 0 Å². The molecular weight excluding hydrogens is 974 g/mol. The van der Waals surface area contributed by atoms with Gasteiger partial charge in [0.1, 0.15) is 0 Å². The summed E-state index contributed by atoms with van der Waals surface area (Å²) < 4.78 is 9.99. The fraction of sp³-hybridized carbons (Fsp3) is 0.235. The van der Waals surface area contributed by atoms with E-state index in [1.54, 1.807) is 40.6 Å². The van der Waals surface area contributed by atoms with Gasteiger partial charge in [-0.2, -0.15) is 0 Å². The van der Waals surface area contributed by atoms with Crippen molar-refractivity contribution in [3.05, 3.63) is 157 Å². The van der Waals surface area contributed by atoms with Crippen LogP contribution in [-0.4, -0.2) is 38.1 Å². The molecule has 5 nitrogen and oxygen atoms in total. The standard InChI is InChI=1S/C51H49N2O3PS2.Os/c1-8-19-41-27-43-48(58-41)46(50(54)52(43)29-33(3)4)47-49-44(53(51(47)55)30-34(5)6)28-45(59-49)42(26-37-32-56-31-36(37)9-2)35(7)57(38-20-13-10-14-21-38,39-22-15-11-16-23-39)40-24-17-12-18-25-40;/h8-28,33-34H,29-32H2,1-6H3;/q+1;/b19-8+,36-9?,37-26?,42-35?,47-46+;. The van der Waals surface area contributed by atoms with Gasteiger partial charge in [-0.1, -0.05) is 19.9 Å². The van der Waals surface area contributed by atoms with Crippen LogP contribution >= 0.6 is 29.9 Å². The molecule has 0 atom stereocenters. The van der Waals surface area contributed by atoms with Crippen LogP contribution in [0, 0.1) is 16.2 Å². The molecule has 3 aliphatic rings. The molecule has 305 valence electrons. The minimum absolute atomic E-state index is 0.0920. The van der Waals surface area contributed by atoms with Gasteiger partial charge in [0, 0.05) is 0 Å². The van der Waals surface area contributed by atoms with Crippen LogP contribution in [0.25, 0.3) is 22.8 Å². The molecule has 3 aliphatic heterocycles. The van der Waals surface area contributed by atoms with Gasteiger partial charge in [0.25, 0.3) is 0 Å². The van der Waals surface area contributed by atoms with Crippen LogP contribution in [0.15, 0.2) is 138 Å². The van der Waals surface area contributed by atoms with E-state index >= 15 is 0 Å². The molecule has 2 amide bonds. The number of nitrogens with zero attached hydrogens (tertiary/aromatic N) is 2.